The Kier molecular flexibility index (Phi) is 5.19. The van der Waals surface area contributed by atoms with E-state index in [1.165, 1.54) is 12.1 Å². The van der Waals surface area contributed by atoms with Crippen LogP contribution in [0.3, 0.4) is 0 Å². The van der Waals surface area contributed by atoms with Crippen molar-refractivity contribution in [3.63, 3.8) is 0 Å². The fourth-order valence-electron chi connectivity index (χ4n) is 1.30. The zero-order valence-corrected chi connectivity index (χ0v) is 10.8. The monoisotopic (exact) mass is 287 g/mol. The van der Waals surface area contributed by atoms with Crippen molar-refractivity contribution in [3.8, 4) is 0 Å². The van der Waals surface area contributed by atoms with Gasteiger partial charge in [-0.3, -0.25) is 4.79 Å². The van der Waals surface area contributed by atoms with E-state index in [1.54, 1.807) is 12.1 Å². The van der Waals surface area contributed by atoms with Gasteiger partial charge in [-0.15, -0.1) is 6.58 Å². The highest BCUT2D eigenvalue weighted by Gasteiger charge is 2.21. The van der Waals surface area contributed by atoms with E-state index < -0.39 is 17.9 Å². The SMILES string of the molecule is C=CCC(NC(=O)c1cccc(Cl)c1Cl)C(=O)O. The summed E-state index contributed by atoms with van der Waals surface area (Å²) in [4.78, 5) is 22.7. The van der Waals surface area contributed by atoms with E-state index in [4.69, 9.17) is 28.3 Å². The molecule has 4 nitrogen and oxygen atoms in total. The standard InChI is InChI=1S/C12H11Cl2NO3/c1-2-4-9(12(17)18)15-11(16)7-5-3-6-8(13)10(7)14/h2-3,5-6,9H,1,4H2,(H,15,16)(H,17,18). The minimum absolute atomic E-state index is 0.0967. The summed E-state index contributed by atoms with van der Waals surface area (Å²) in [6, 6.07) is 3.53. The minimum atomic E-state index is -1.14. The van der Waals surface area contributed by atoms with E-state index in [9.17, 15) is 9.59 Å². The third kappa shape index (κ3) is 3.48. The fraction of sp³-hybridized carbons (Fsp3) is 0.167. The third-order valence-electron chi connectivity index (χ3n) is 2.20. The van der Waals surface area contributed by atoms with Gasteiger partial charge in [-0.1, -0.05) is 35.3 Å². The maximum atomic E-state index is 11.9. The second-order valence-electron chi connectivity index (χ2n) is 3.49. The van der Waals surface area contributed by atoms with Crippen LogP contribution in [0.25, 0.3) is 0 Å². The number of carbonyl (C=O) groups excluding carboxylic acids is 1. The Morgan fingerprint density at radius 2 is 2.11 bits per heavy atom. The van der Waals surface area contributed by atoms with Gasteiger partial charge in [-0.25, -0.2) is 4.79 Å². The van der Waals surface area contributed by atoms with Crippen LogP contribution in [-0.4, -0.2) is 23.0 Å². The van der Waals surface area contributed by atoms with Gasteiger partial charge in [0.1, 0.15) is 6.04 Å². The summed E-state index contributed by atoms with van der Waals surface area (Å²) in [5.74, 6) is -1.72. The van der Waals surface area contributed by atoms with Crippen molar-refractivity contribution in [2.24, 2.45) is 0 Å². The van der Waals surface area contributed by atoms with Gasteiger partial charge >= 0.3 is 5.97 Å². The first-order chi connectivity index (χ1) is 8.47. The Morgan fingerprint density at radius 1 is 1.44 bits per heavy atom. The maximum absolute atomic E-state index is 11.9. The molecule has 18 heavy (non-hydrogen) atoms. The van der Waals surface area contributed by atoms with Crippen LogP contribution in [0.15, 0.2) is 30.9 Å². The molecule has 1 amide bonds. The van der Waals surface area contributed by atoms with E-state index in [0.717, 1.165) is 0 Å². The number of hydrogen-bond acceptors (Lipinski definition) is 2. The Hall–Kier alpha value is -1.52. The first-order valence-electron chi connectivity index (χ1n) is 5.06. The summed E-state index contributed by atoms with van der Waals surface area (Å²) in [5, 5.41) is 11.6. The van der Waals surface area contributed by atoms with Gasteiger partial charge in [-0.2, -0.15) is 0 Å². The number of nitrogens with one attached hydrogen (secondary N) is 1. The van der Waals surface area contributed by atoms with Crippen molar-refractivity contribution in [1.82, 2.24) is 5.32 Å². The zero-order chi connectivity index (χ0) is 13.7. The lowest BCUT2D eigenvalue weighted by atomic mass is 10.1. The van der Waals surface area contributed by atoms with Crippen LogP contribution in [0.2, 0.25) is 10.0 Å². The van der Waals surface area contributed by atoms with Crippen LogP contribution in [0.5, 0.6) is 0 Å². The molecule has 0 aliphatic carbocycles. The van der Waals surface area contributed by atoms with Gasteiger partial charge in [0.15, 0.2) is 0 Å². The summed E-state index contributed by atoms with van der Waals surface area (Å²) in [7, 11) is 0. The van der Waals surface area contributed by atoms with E-state index in [1.807, 2.05) is 0 Å². The van der Waals surface area contributed by atoms with Gasteiger partial charge in [0.05, 0.1) is 15.6 Å². The number of aliphatic carboxylic acids is 1. The molecule has 6 heteroatoms. The topological polar surface area (TPSA) is 66.4 Å². The first-order valence-corrected chi connectivity index (χ1v) is 5.81. The molecule has 1 unspecified atom stereocenters. The number of carbonyl (C=O) groups is 2. The van der Waals surface area contributed by atoms with Crippen molar-refractivity contribution in [3.05, 3.63) is 46.5 Å². The summed E-state index contributed by atoms with van der Waals surface area (Å²) in [6.07, 6.45) is 1.54. The molecule has 0 aliphatic rings. The highest BCUT2D eigenvalue weighted by molar-refractivity contribution is 6.43. The number of carboxylic acids is 1. The Labute approximate surface area is 114 Å². The summed E-state index contributed by atoms with van der Waals surface area (Å²) < 4.78 is 0. The molecule has 2 N–H and O–H groups in total. The van der Waals surface area contributed by atoms with Crippen molar-refractivity contribution >= 4 is 35.1 Å². The van der Waals surface area contributed by atoms with Gasteiger partial charge in [0, 0.05) is 0 Å². The predicted octanol–water partition coefficient (Wildman–Crippen LogP) is 2.75. The molecule has 0 fully saturated rings. The van der Waals surface area contributed by atoms with E-state index in [0.29, 0.717) is 0 Å². The molecule has 1 aromatic rings. The third-order valence-corrected chi connectivity index (χ3v) is 3.02. The van der Waals surface area contributed by atoms with Gasteiger partial charge in [-0.05, 0) is 18.6 Å². The molecule has 0 radical (unpaired) electrons. The highest BCUT2D eigenvalue weighted by atomic mass is 35.5. The molecule has 0 aliphatic heterocycles. The number of carboxylic acid groups (broad SMARTS) is 1. The molecule has 1 atom stereocenters. The second kappa shape index (κ2) is 6.42. The summed E-state index contributed by atoms with van der Waals surface area (Å²) in [5.41, 5.74) is 0.138. The molecule has 0 saturated carbocycles. The molecule has 96 valence electrons. The van der Waals surface area contributed by atoms with Crippen LogP contribution < -0.4 is 5.32 Å². The lowest BCUT2D eigenvalue weighted by Crippen LogP contribution is -2.40. The fourth-order valence-corrected chi connectivity index (χ4v) is 1.69. The molecule has 0 heterocycles. The van der Waals surface area contributed by atoms with Crippen LogP contribution in [0.1, 0.15) is 16.8 Å². The Balaban J connectivity index is 2.90. The summed E-state index contributed by atoms with van der Waals surface area (Å²) >= 11 is 11.6. The Morgan fingerprint density at radius 3 is 2.67 bits per heavy atom. The van der Waals surface area contributed by atoms with Gasteiger partial charge in [0.25, 0.3) is 5.91 Å². The molecule has 0 spiro atoms. The van der Waals surface area contributed by atoms with Crippen LogP contribution in [0, 0.1) is 0 Å². The van der Waals surface area contributed by atoms with Crippen LogP contribution in [0.4, 0.5) is 0 Å². The first kappa shape index (κ1) is 14.5. The number of hydrogen-bond donors (Lipinski definition) is 2. The molecule has 1 rings (SSSR count). The molecule has 0 aromatic heterocycles. The average Bonchev–Trinajstić information content (AvgIpc) is 2.31. The van der Waals surface area contributed by atoms with Crippen LogP contribution >= 0.6 is 23.2 Å². The molecule has 0 bridgehead atoms. The van der Waals surface area contributed by atoms with Gasteiger partial charge < -0.3 is 10.4 Å². The predicted molar refractivity (Wildman–Crippen MR) is 70.2 cm³/mol. The molecular weight excluding hydrogens is 277 g/mol. The van der Waals surface area contributed by atoms with E-state index in [-0.39, 0.29) is 22.0 Å². The summed E-state index contributed by atoms with van der Waals surface area (Å²) in [6.45, 7) is 3.43. The quantitative estimate of drug-likeness (QED) is 0.819. The normalized spacial score (nSPS) is 11.7. The largest absolute Gasteiger partial charge is 0.480 e. The number of halogens is 2. The van der Waals surface area contributed by atoms with Crippen LogP contribution in [-0.2, 0) is 4.79 Å². The maximum Gasteiger partial charge on any atom is 0.326 e. The molecular formula is C12H11Cl2NO3. The zero-order valence-electron chi connectivity index (χ0n) is 9.32. The van der Waals surface area contributed by atoms with E-state index >= 15 is 0 Å². The number of rotatable bonds is 5. The van der Waals surface area contributed by atoms with E-state index in [2.05, 4.69) is 11.9 Å². The van der Waals surface area contributed by atoms with Crippen molar-refractivity contribution < 1.29 is 14.7 Å². The highest BCUT2D eigenvalue weighted by Crippen LogP contribution is 2.25. The molecule has 0 saturated heterocycles. The van der Waals surface area contributed by atoms with Crippen molar-refractivity contribution in [1.29, 1.82) is 0 Å². The lowest BCUT2D eigenvalue weighted by Gasteiger charge is -2.13. The Bertz CT molecular complexity index is 488. The second-order valence-corrected chi connectivity index (χ2v) is 4.28. The molecule has 1 aromatic carbocycles. The van der Waals surface area contributed by atoms with Gasteiger partial charge in [0.2, 0.25) is 0 Å². The van der Waals surface area contributed by atoms with Crippen molar-refractivity contribution in [2.45, 2.75) is 12.5 Å². The average molecular weight is 288 g/mol. The minimum Gasteiger partial charge on any atom is -0.480 e. The smallest absolute Gasteiger partial charge is 0.326 e. The lowest BCUT2D eigenvalue weighted by molar-refractivity contribution is -0.139. The van der Waals surface area contributed by atoms with Crippen molar-refractivity contribution in [2.75, 3.05) is 0 Å². The number of amides is 1. The number of benzene rings is 1.